The number of ether oxygens (including phenoxy) is 1. The third-order valence-electron chi connectivity index (χ3n) is 3.40. The summed E-state index contributed by atoms with van der Waals surface area (Å²) < 4.78 is 31.8. The van der Waals surface area contributed by atoms with E-state index in [1.807, 2.05) is 0 Å². The van der Waals surface area contributed by atoms with Gasteiger partial charge in [-0.05, 0) is 17.7 Å². The smallest absolute Gasteiger partial charge is 0.258 e. The van der Waals surface area contributed by atoms with Crippen molar-refractivity contribution in [3.8, 4) is 11.5 Å². The van der Waals surface area contributed by atoms with Crippen molar-refractivity contribution in [1.29, 1.82) is 0 Å². The summed E-state index contributed by atoms with van der Waals surface area (Å²) in [5.74, 6) is -0.125. The van der Waals surface area contributed by atoms with Crippen LogP contribution in [0.2, 0.25) is 5.02 Å². The lowest BCUT2D eigenvalue weighted by atomic mass is 10.0. The Kier molecular flexibility index (Phi) is 5.01. The Balaban J connectivity index is 2.36. The molecule has 2 rings (SSSR count). The quantitative estimate of drug-likeness (QED) is 0.896. The monoisotopic (exact) mass is 306 g/mol. The van der Waals surface area contributed by atoms with E-state index in [4.69, 9.17) is 16.3 Å². The molecule has 0 unspecified atom stereocenters. The van der Waals surface area contributed by atoms with Gasteiger partial charge in [-0.3, -0.25) is 4.90 Å². The molecule has 1 heterocycles. The van der Waals surface area contributed by atoms with Crippen LogP contribution in [-0.2, 0) is 0 Å². The first-order valence-electron chi connectivity index (χ1n) is 6.34. The second-order valence-corrected chi connectivity index (χ2v) is 5.03. The van der Waals surface area contributed by atoms with E-state index in [-0.39, 0.29) is 16.5 Å². The summed E-state index contributed by atoms with van der Waals surface area (Å²) in [7, 11) is 1.36. The topological polar surface area (TPSA) is 44.7 Å². The summed E-state index contributed by atoms with van der Waals surface area (Å²) in [6.07, 6.45) is -2.54. The minimum atomic E-state index is -2.54. The Hall–Kier alpha value is -1.11. The van der Waals surface area contributed by atoms with Crippen molar-refractivity contribution in [2.45, 2.75) is 12.5 Å². The van der Waals surface area contributed by atoms with Gasteiger partial charge in [0.05, 0.1) is 18.2 Å². The fourth-order valence-electron chi connectivity index (χ4n) is 2.40. The highest BCUT2D eigenvalue weighted by Crippen LogP contribution is 2.39. The first-order chi connectivity index (χ1) is 9.54. The first kappa shape index (κ1) is 15.3. The van der Waals surface area contributed by atoms with Crippen molar-refractivity contribution in [1.82, 2.24) is 10.2 Å². The van der Waals surface area contributed by atoms with Crippen LogP contribution < -0.4 is 10.1 Å². The van der Waals surface area contributed by atoms with E-state index >= 15 is 0 Å². The van der Waals surface area contributed by atoms with Gasteiger partial charge in [0.2, 0.25) is 0 Å². The average molecular weight is 307 g/mol. The minimum absolute atomic E-state index is 0.0140. The molecule has 112 valence electrons. The molecule has 0 radical (unpaired) electrons. The van der Waals surface area contributed by atoms with Crippen LogP contribution in [0, 0.1) is 0 Å². The number of hydrogen-bond acceptors (Lipinski definition) is 4. The molecule has 20 heavy (non-hydrogen) atoms. The Morgan fingerprint density at radius 2 is 2.00 bits per heavy atom. The highest BCUT2D eigenvalue weighted by molar-refractivity contribution is 6.32. The number of rotatable bonds is 4. The number of phenols is 1. The van der Waals surface area contributed by atoms with E-state index in [0.29, 0.717) is 31.7 Å². The zero-order valence-electron chi connectivity index (χ0n) is 11.1. The second-order valence-electron chi connectivity index (χ2n) is 4.62. The highest BCUT2D eigenvalue weighted by atomic mass is 35.5. The summed E-state index contributed by atoms with van der Waals surface area (Å²) in [4.78, 5) is 1.71. The molecule has 1 aliphatic heterocycles. The molecule has 1 aromatic carbocycles. The number of methoxy groups -OCH3 is 1. The lowest BCUT2D eigenvalue weighted by Crippen LogP contribution is -2.46. The number of nitrogens with zero attached hydrogens (tertiary/aromatic N) is 1. The Morgan fingerprint density at radius 3 is 2.55 bits per heavy atom. The van der Waals surface area contributed by atoms with E-state index in [9.17, 15) is 13.9 Å². The first-order valence-corrected chi connectivity index (χ1v) is 6.71. The number of alkyl halides is 2. The largest absolute Gasteiger partial charge is 0.503 e. The second kappa shape index (κ2) is 6.56. The summed E-state index contributed by atoms with van der Waals surface area (Å²) in [5, 5.41) is 12.8. The minimum Gasteiger partial charge on any atom is -0.503 e. The van der Waals surface area contributed by atoms with Crippen molar-refractivity contribution < 1.29 is 18.6 Å². The van der Waals surface area contributed by atoms with Crippen LogP contribution in [0.1, 0.15) is 11.6 Å². The lowest BCUT2D eigenvalue weighted by molar-refractivity contribution is 0.0181. The fourth-order valence-corrected chi connectivity index (χ4v) is 2.62. The van der Waals surface area contributed by atoms with Gasteiger partial charge in [0, 0.05) is 26.2 Å². The van der Waals surface area contributed by atoms with E-state index < -0.39 is 12.5 Å². The molecule has 0 spiro atoms. The van der Waals surface area contributed by atoms with Crippen molar-refractivity contribution in [2.24, 2.45) is 0 Å². The van der Waals surface area contributed by atoms with Gasteiger partial charge in [-0.15, -0.1) is 0 Å². The van der Waals surface area contributed by atoms with Gasteiger partial charge < -0.3 is 15.2 Å². The number of hydrogen-bond donors (Lipinski definition) is 2. The molecule has 1 atom stereocenters. The van der Waals surface area contributed by atoms with Gasteiger partial charge >= 0.3 is 0 Å². The van der Waals surface area contributed by atoms with Crippen LogP contribution in [0.3, 0.4) is 0 Å². The van der Waals surface area contributed by atoms with E-state index in [1.165, 1.54) is 19.2 Å². The molecule has 1 saturated heterocycles. The molecule has 4 nitrogen and oxygen atoms in total. The van der Waals surface area contributed by atoms with Crippen LogP contribution in [0.15, 0.2) is 12.1 Å². The highest BCUT2D eigenvalue weighted by Gasteiger charge is 2.31. The Bertz CT molecular complexity index is 468. The molecule has 0 amide bonds. The molecule has 1 aromatic rings. The number of benzene rings is 1. The SMILES string of the molecule is COc1cc([C@H](C(F)F)N2CCNCC2)cc(Cl)c1O. The Labute approximate surface area is 121 Å². The Morgan fingerprint density at radius 1 is 1.35 bits per heavy atom. The maximum Gasteiger partial charge on any atom is 0.258 e. The zero-order valence-corrected chi connectivity index (χ0v) is 11.8. The fraction of sp³-hybridized carbons (Fsp3) is 0.538. The molecule has 2 N–H and O–H groups in total. The van der Waals surface area contributed by atoms with Gasteiger partial charge in [-0.2, -0.15) is 0 Å². The van der Waals surface area contributed by atoms with Crippen molar-refractivity contribution >= 4 is 11.6 Å². The van der Waals surface area contributed by atoms with Crippen LogP contribution in [0.25, 0.3) is 0 Å². The van der Waals surface area contributed by atoms with Crippen LogP contribution in [0.4, 0.5) is 8.78 Å². The van der Waals surface area contributed by atoms with Crippen molar-refractivity contribution in [2.75, 3.05) is 33.3 Å². The third kappa shape index (κ3) is 3.13. The number of phenolic OH excluding ortho intramolecular Hbond substituents is 1. The third-order valence-corrected chi connectivity index (χ3v) is 3.68. The molecule has 7 heteroatoms. The predicted molar refractivity (Wildman–Crippen MR) is 72.9 cm³/mol. The van der Waals surface area contributed by atoms with Gasteiger partial charge in [-0.25, -0.2) is 8.78 Å². The summed E-state index contributed by atoms with van der Waals surface area (Å²) in [6, 6.07) is 1.74. The van der Waals surface area contributed by atoms with Gasteiger partial charge in [0.1, 0.15) is 0 Å². The maximum absolute atomic E-state index is 13.4. The maximum atomic E-state index is 13.4. The van der Waals surface area contributed by atoms with Crippen LogP contribution >= 0.6 is 11.6 Å². The molecule has 0 saturated carbocycles. The normalized spacial score (nSPS) is 18.2. The molecular formula is C13H17ClF2N2O2. The number of nitrogens with one attached hydrogen (secondary N) is 1. The molecule has 1 fully saturated rings. The van der Waals surface area contributed by atoms with Crippen LogP contribution in [0.5, 0.6) is 11.5 Å². The van der Waals surface area contributed by atoms with Crippen molar-refractivity contribution in [3.05, 3.63) is 22.7 Å². The summed E-state index contributed by atoms with van der Waals surface area (Å²) in [5.41, 5.74) is 0.349. The van der Waals surface area contributed by atoms with Gasteiger partial charge in [0.15, 0.2) is 11.5 Å². The molecule has 1 aliphatic rings. The number of aromatic hydroxyl groups is 1. The van der Waals surface area contributed by atoms with Gasteiger partial charge in [0.25, 0.3) is 6.43 Å². The lowest BCUT2D eigenvalue weighted by Gasteiger charge is -2.34. The van der Waals surface area contributed by atoms with Crippen molar-refractivity contribution in [3.63, 3.8) is 0 Å². The molecule has 0 bridgehead atoms. The van der Waals surface area contributed by atoms with Crippen LogP contribution in [-0.4, -0.2) is 49.7 Å². The van der Waals surface area contributed by atoms with E-state index in [0.717, 1.165) is 0 Å². The van der Waals surface area contributed by atoms with E-state index in [1.54, 1.807) is 4.90 Å². The number of halogens is 3. The average Bonchev–Trinajstić information content (AvgIpc) is 2.43. The predicted octanol–water partition coefficient (Wildman–Crippen LogP) is 2.27. The zero-order chi connectivity index (χ0) is 14.7. The molecule has 0 aliphatic carbocycles. The summed E-state index contributed by atoms with van der Waals surface area (Å²) >= 11 is 5.88. The summed E-state index contributed by atoms with van der Waals surface area (Å²) in [6.45, 7) is 2.42. The van der Waals surface area contributed by atoms with Gasteiger partial charge in [-0.1, -0.05) is 11.6 Å². The molecular weight excluding hydrogens is 290 g/mol. The molecule has 0 aromatic heterocycles. The van der Waals surface area contributed by atoms with E-state index in [2.05, 4.69) is 5.32 Å². The number of piperazine rings is 1. The standard InChI is InChI=1S/C13H17ClF2N2O2/c1-20-10-7-8(6-9(14)12(10)19)11(13(15)16)18-4-2-17-3-5-18/h6-7,11,13,17,19H,2-5H2,1H3/t11-/m1/s1.